The van der Waals surface area contributed by atoms with E-state index in [1.807, 2.05) is 37.3 Å². The van der Waals surface area contributed by atoms with Crippen LogP contribution in [0.5, 0.6) is 0 Å². The fourth-order valence-electron chi connectivity index (χ4n) is 3.64. The zero-order chi connectivity index (χ0) is 18.5. The van der Waals surface area contributed by atoms with Crippen molar-refractivity contribution >= 4 is 17.5 Å². The number of amides is 1. The Hall–Kier alpha value is -1.88. The van der Waals surface area contributed by atoms with Crippen LogP contribution in [-0.4, -0.2) is 36.5 Å². The molecule has 1 saturated heterocycles. The maximum atomic E-state index is 12.6. The minimum Gasteiger partial charge on any atom is -0.351 e. The third-order valence-corrected chi connectivity index (χ3v) is 5.56. The van der Waals surface area contributed by atoms with Gasteiger partial charge in [-0.2, -0.15) is 0 Å². The summed E-state index contributed by atoms with van der Waals surface area (Å²) in [5.74, 6) is 0.807. The van der Waals surface area contributed by atoms with Crippen molar-refractivity contribution in [1.29, 1.82) is 0 Å². The summed E-state index contributed by atoms with van der Waals surface area (Å²) >= 11 is 5.90. The molecule has 1 aliphatic rings. The number of benzene rings is 2. The molecule has 1 fully saturated rings. The van der Waals surface area contributed by atoms with Gasteiger partial charge < -0.3 is 11.1 Å². The quantitative estimate of drug-likeness (QED) is 0.820. The van der Waals surface area contributed by atoms with Crippen LogP contribution in [0.15, 0.2) is 54.6 Å². The molecule has 4 nitrogen and oxygen atoms in total. The number of carbonyl (C=O) groups is 1. The van der Waals surface area contributed by atoms with Crippen LogP contribution in [0.3, 0.4) is 0 Å². The minimum atomic E-state index is -0.176. The Morgan fingerprint density at radius 2 is 1.88 bits per heavy atom. The number of carbonyl (C=O) groups excluding carboxylic acids is 1. The molecule has 2 aromatic carbocycles. The number of hydrogen-bond acceptors (Lipinski definition) is 3. The van der Waals surface area contributed by atoms with Crippen LogP contribution in [0.2, 0.25) is 5.02 Å². The van der Waals surface area contributed by atoms with Crippen LogP contribution in [-0.2, 0) is 11.3 Å². The first-order valence-electron chi connectivity index (χ1n) is 9.09. The van der Waals surface area contributed by atoms with E-state index in [2.05, 4.69) is 34.5 Å². The molecule has 0 bridgehead atoms. The Kier molecular flexibility index (Phi) is 6.30. The molecule has 1 aliphatic heterocycles. The largest absolute Gasteiger partial charge is 0.351 e. The molecular weight excluding hydrogens is 346 g/mol. The van der Waals surface area contributed by atoms with Crippen molar-refractivity contribution in [2.24, 2.45) is 11.7 Å². The summed E-state index contributed by atoms with van der Waals surface area (Å²) in [7, 11) is 0. The number of nitrogens with two attached hydrogens (primary N) is 1. The summed E-state index contributed by atoms with van der Waals surface area (Å²) in [5.41, 5.74) is 8.35. The molecular formula is C21H26ClN3O. The van der Waals surface area contributed by atoms with Gasteiger partial charge in [-0.1, -0.05) is 54.1 Å². The highest BCUT2D eigenvalue weighted by atomic mass is 35.5. The average molecular weight is 372 g/mol. The SMILES string of the molecule is CC(C(=O)NCc1ccc(Cl)cc1)N1C[C@@H](CN)[C@H](c2ccccc2)C1. The monoisotopic (exact) mass is 371 g/mol. The molecule has 2 aromatic rings. The van der Waals surface area contributed by atoms with Crippen molar-refractivity contribution in [3.8, 4) is 0 Å². The molecule has 1 amide bonds. The number of nitrogens with zero attached hydrogens (tertiary/aromatic N) is 1. The third-order valence-electron chi connectivity index (χ3n) is 5.31. The predicted octanol–water partition coefficient (Wildman–Crippen LogP) is 3.02. The lowest BCUT2D eigenvalue weighted by molar-refractivity contribution is -0.125. The van der Waals surface area contributed by atoms with E-state index in [1.165, 1.54) is 5.56 Å². The van der Waals surface area contributed by atoms with E-state index in [4.69, 9.17) is 17.3 Å². The van der Waals surface area contributed by atoms with E-state index in [0.29, 0.717) is 29.9 Å². The topological polar surface area (TPSA) is 58.4 Å². The van der Waals surface area contributed by atoms with Gasteiger partial charge in [-0.05, 0) is 42.6 Å². The number of likely N-dealkylation sites (tertiary alicyclic amines) is 1. The second kappa shape index (κ2) is 8.67. The van der Waals surface area contributed by atoms with Crippen LogP contribution in [0, 0.1) is 5.92 Å². The van der Waals surface area contributed by atoms with Crippen molar-refractivity contribution in [2.75, 3.05) is 19.6 Å². The molecule has 0 aliphatic carbocycles. The standard InChI is InChI=1S/C21H26ClN3O/c1-15(21(26)24-12-16-7-9-19(22)10-8-16)25-13-18(11-23)20(14-25)17-5-3-2-4-6-17/h2-10,15,18,20H,11-14,23H2,1H3,(H,24,26)/t15?,18-,20+/m1/s1. The fourth-order valence-corrected chi connectivity index (χ4v) is 3.77. The van der Waals surface area contributed by atoms with Crippen molar-refractivity contribution in [2.45, 2.75) is 25.4 Å². The normalized spacial score (nSPS) is 21.5. The maximum Gasteiger partial charge on any atom is 0.237 e. The second-order valence-corrected chi connectivity index (χ2v) is 7.42. The van der Waals surface area contributed by atoms with Crippen LogP contribution in [0.1, 0.15) is 24.0 Å². The molecule has 0 radical (unpaired) electrons. The van der Waals surface area contributed by atoms with Crippen molar-refractivity contribution in [3.63, 3.8) is 0 Å². The highest BCUT2D eigenvalue weighted by molar-refractivity contribution is 6.30. The van der Waals surface area contributed by atoms with Crippen LogP contribution >= 0.6 is 11.6 Å². The van der Waals surface area contributed by atoms with Crippen molar-refractivity contribution in [1.82, 2.24) is 10.2 Å². The Morgan fingerprint density at radius 3 is 2.54 bits per heavy atom. The highest BCUT2D eigenvalue weighted by Crippen LogP contribution is 2.33. The van der Waals surface area contributed by atoms with E-state index >= 15 is 0 Å². The Bertz CT molecular complexity index is 720. The molecule has 138 valence electrons. The maximum absolute atomic E-state index is 12.6. The smallest absolute Gasteiger partial charge is 0.237 e. The van der Waals surface area contributed by atoms with Crippen LogP contribution in [0.25, 0.3) is 0 Å². The zero-order valence-electron chi connectivity index (χ0n) is 15.1. The van der Waals surface area contributed by atoms with Gasteiger partial charge in [0.05, 0.1) is 6.04 Å². The van der Waals surface area contributed by atoms with Gasteiger partial charge >= 0.3 is 0 Å². The lowest BCUT2D eigenvalue weighted by Crippen LogP contribution is -2.44. The molecule has 0 aromatic heterocycles. The molecule has 5 heteroatoms. The number of halogens is 1. The summed E-state index contributed by atoms with van der Waals surface area (Å²) in [5, 5.41) is 3.73. The first-order chi connectivity index (χ1) is 12.6. The Balaban J connectivity index is 1.59. The molecule has 0 saturated carbocycles. The summed E-state index contributed by atoms with van der Waals surface area (Å²) in [6.07, 6.45) is 0. The van der Waals surface area contributed by atoms with Crippen molar-refractivity contribution in [3.05, 3.63) is 70.7 Å². The molecule has 26 heavy (non-hydrogen) atoms. The fraction of sp³-hybridized carbons (Fsp3) is 0.381. The van der Waals surface area contributed by atoms with Gasteiger partial charge in [0.25, 0.3) is 0 Å². The van der Waals surface area contributed by atoms with E-state index in [9.17, 15) is 4.79 Å². The van der Waals surface area contributed by atoms with Gasteiger partial charge in [-0.3, -0.25) is 9.69 Å². The third kappa shape index (κ3) is 4.44. The number of rotatable bonds is 6. The van der Waals surface area contributed by atoms with Gasteiger partial charge in [0, 0.05) is 30.6 Å². The minimum absolute atomic E-state index is 0.0458. The highest BCUT2D eigenvalue weighted by Gasteiger charge is 2.36. The van der Waals surface area contributed by atoms with E-state index in [0.717, 1.165) is 18.7 Å². The lowest BCUT2D eigenvalue weighted by Gasteiger charge is -2.23. The Morgan fingerprint density at radius 1 is 1.19 bits per heavy atom. The Labute approximate surface area is 160 Å². The van der Waals surface area contributed by atoms with Gasteiger partial charge in [-0.15, -0.1) is 0 Å². The van der Waals surface area contributed by atoms with Gasteiger partial charge in [0.15, 0.2) is 0 Å². The van der Waals surface area contributed by atoms with Gasteiger partial charge in [0.1, 0.15) is 0 Å². The second-order valence-electron chi connectivity index (χ2n) is 6.99. The molecule has 3 N–H and O–H groups in total. The summed E-state index contributed by atoms with van der Waals surface area (Å²) in [6.45, 7) is 4.83. The molecule has 0 spiro atoms. The average Bonchev–Trinajstić information content (AvgIpc) is 3.12. The van der Waals surface area contributed by atoms with Crippen LogP contribution < -0.4 is 11.1 Å². The molecule has 3 rings (SSSR count). The molecule has 1 unspecified atom stereocenters. The number of hydrogen-bond donors (Lipinski definition) is 2. The summed E-state index contributed by atoms with van der Waals surface area (Å²) < 4.78 is 0. The van der Waals surface area contributed by atoms with Gasteiger partial charge in [-0.25, -0.2) is 0 Å². The van der Waals surface area contributed by atoms with E-state index in [-0.39, 0.29) is 11.9 Å². The van der Waals surface area contributed by atoms with Crippen LogP contribution in [0.4, 0.5) is 0 Å². The zero-order valence-corrected chi connectivity index (χ0v) is 15.8. The van der Waals surface area contributed by atoms with E-state index < -0.39 is 0 Å². The summed E-state index contributed by atoms with van der Waals surface area (Å²) in [4.78, 5) is 14.8. The first kappa shape index (κ1) is 18.9. The van der Waals surface area contributed by atoms with Crippen molar-refractivity contribution < 1.29 is 4.79 Å². The molecule has 3 atom stereocenters. The predicted molar refractivity (Wildman–Crippen MR) is 106 cm³/mol. The molecule has 1 heterocycles. The van der Waals surface area contributed by atoms with E-state index in [1.54, 1.807) is 0 Å². The number of nitrogens with one attached hydrogen (secondary N) is 1. The lowest BCUT2D eigenvalue weighted by atomic mass is 9.89. The first-order valence-corrected chi connectivity index (χ1v) is 9.47. The summed E-state index contributed by atoms with van der Waals surface area (Å²) in [6, 6.07) is 17.8. The van der Waals surface area contributed by atoms with Gasteiger partial charge in [0.2, 0.25) is 5.91 Å².